The molecule has 9 heteroatoms. The molecule has 1 saturated heterocycles. The van der Waals surface area contributed by atoms with Crippen LogP contribution < -0.4 is 15.0 Å². The number of rotatable bonds is 6. The molecule has 1 fully saturated rings. The lowest BCUT2D eigenvalue weighted by Crippen LogP contribution is -2.40. The Bertz CT molecular complexity index is 851. The van der Waals surface area contributed by atoms with E-state index >= 15 is 0 Å². The molecule has 6 nitrogen and oxygen atoms in total. The van der Waals surface area contributed by atoms with Gasteiger partial charge < -0.3 is 15.0 Å². The van der Waals surface area contributed by atoms with Gasteiger partial charge in [0.1, 0.15) is 11.6 Å². The summed E-state index contributed by atoms with van der Waals surface area (Å²) >= 11 is 0. The number of benzene rings is 1. The first-order valence-corrected chi connectivity index (χ1v) is 9.89. The molecule has 1 aliphatic heterocycles. The topological polar surface area (TPSA) is 67.3 Å². The van der Waals surface area contributed by atoms with Crippen molar-refractivity contribution in [2.45, 2.75) is 45.5 Å². The molecule has 1 aromatic heterocycles. The van der Waals surface area contributed by atoms with Crippen LogP contribution in [0.5, 0.6) is 5.75 Å². The largest absolute Gasteiger partial charge is 0.491 e. The monoisotopic (exact) mass is 422 g/mol. The van der Waals surface area contributed by atoms with E-state index in [1.807, 2.05) is 4.90 Å². The summed E-state index contributed by atoms with van der Waals surface area (Å²) in [5.41, 5.74) is -0.776. The van der Waals surface area contributed by atoms with Crippen molar-refractivity contribution < 1.29 is 22.7 Å². The Hall–Kier alpha value is -2.84. The van der Waals surface area contributed by atoms with Gasteiger partial charge in [-0.25, -0.2) is 4.98 Å². The number of aromatic nitrogens is 2. The number of carbonyl (C=O) groups excluding carboxylic acids is 1. The van der Waals surface area contributed by atoms with Crippen molar-refractivity contribution in [1.29, 1.82) is 0 Å². The van der Waals surface area contributed by atoms with E-state index in [4.69, 9.17) is 4.74 Å². The second-order valence-electron chi connectivity index (χ2n) is 7.53. The number of hydrogen-bond acceptors (Lipinski definition) is 5. The number of ether oxygens (including phenoxy) is 1. The van der Waals surface area contributed by atoms with Crippen LogP contribution >= 0.6 is 0 Å². The van der Waals surface area contributed by atoms with Gasteiger partial charge in [0.25, 0.3) is 0 Å². The maximum atomic E-state index is 13.5. The Morgan fingerprint density at radius 1 is 1.27 bits per heavy atom. The third kappa shape index (κ3) is 5.61. The fourth-order valence-corrected chi connectivity index (χ4v) is 3.47. The normalized spacial score (nSPS) is 15.3. The van der Waals surface area contributed by atoms with E-state index in [-0.39, 0.29) is 35.8 Å². The highest BCUT2D eigenvalue weighted by Crippen LogP contribution is 2.35. The minimum atomic E-state index is -4.53. The number of piperidine rings is 1. The number of hydrogen-bond donors (Lipinski definition) is 1. The van der Waals surface area contributed by atoms with Gasteiger partial charge in [0.05, 0.1) is 17.9 Å². The van der Waals surface area contributed by atoms with Crippen LogP contribution in [-0.2, 0) is 17.5 Å². The van der Waals surface area contributed by atoms with E-state index in [0.717, 1.165) is 11.9 Å². The second kappa shape index (κ2) is 9.32. The van der Waals surface area contributed by atoms with Gasteiger partial charge in [-0.1, -0.05) is 6.07 Å². The molecule has 0 spiro atoms. The highest BCUT2D eigenvalue weighted by molar-refractivity contribution is 5.79. The van der Waals surface area contributed by atoms with Crippen molar-refractivity contribution >= 4 is 11.7 Å². The van der Waals surface area contributed by atoms with Crippen LogP contribution in [0.3, 0.4) is 0 Å². The zero-order valence-corrected chi connectivity index (χ0v) is 16.9. The van der Waals surface area contributed by atoms with Crippen LogP contribution in [0, 0.1) is 5.92 Å². The van der Waals surface area contributed by atoms with Crippen LogP contribution in [0.15, 0.2) is 36.8 Å². The zero-order valence-electron chi connectivity index (χ0n) is 16.9. The van der Waals surface area contributed by atoms with Crippen molar-refractivity contribution in [2.24, 2.45) is 5.92 Å². The first-order valence-electron chi connectivity index (χ1n) is 9.89. The third-order valence-corrected chi connectivity index (χ3v) is 4.95. The molecule has 2 heterocycles. The van der Waals surface area contributed by atoms with E-state index in [9.17, 15) is 18.0 Å². The average Bonchev–Trinajstić information content (AvgIpc) is 2.72. The Morgan fingerprint density at radius 3 is 2.60 bits per heavy atom. The van der Waals surface area contributed by atoms with Gasteiger partial charge in [-0.3, -0.25) is 9.78 Å². The fraction of sp³-hybridized carbons (Fsp3) is 0.476. The summed E-state index contributed by atoms with van der Waals surface area (Å²) in [6.45, 7) is 4.60. The van der Waals surface area contributed by atoms with Crippen LogP contribution in [0.4, 0.5) is 19.0 Å². The standard InChI is InChI=1S/C21H25F3N4O2/c1-14(2)30-17-4-3-16(18(11-17)21(22,23)24)12-27-20(29)15-5-9-28(10-6-15)19-13-25-7-8-26-19/h3-4,7-8,11,13-15H,5-6,9-10,12H2,1-2H3,(H,27,29). The maximum absolute atomic E-state index is 13.5. The fourth-order valence-electron chi connectivity index (χ4n) is 3.47. The smallest absolute Gasteiger partial charge is 0.416 e. The summed E-state index contributed by atoms with van der Waals surface area (Å²) < 4.78 is 45.8. The maximum Gasteiger partial charge on any atom is 0.416 e. The van der Waals surface area contributed by atoms with Crippen LogP contribution in [0.25, 0.3) is 0 Å². The second-order valence-corrected chi connectivity index (χ2v) is 7.53. The van der Waals surface area contributed by atoms with Gasteiger partial charge in [-0.05, 0) is 44.4 Å². The third-order valence-electron chi connectivity index (χ3n) is 4.95. The Labute approximate surface area is 173 Å². The summed E-state index contributed by atoms with van der Waals surface area (Å²) in [5, 5.41) is 2.67. The molecule has 1 N–H and O–H groups in total. The molecule has 0 aliphatic carbocycles. The highest BCUT2D eigenvalue weighted by Gasteiger charge is 2.34. The first kappa shape index (κ1) is 21.9. The van der Waals surface area contributed by atoms with Gasteiger partial charge in [0, 0.05) is 37.9 Å². The van der Waals surface area contributed by atoms with E-state index < -0.39 is 11.7 Å². The molecule has 0 radical (unpaired) electrons. The van der Waals surface area contributed by atoms with Gasteiger partial charge in [-0.2, -0.15) is 13.2 Å². The van der Waals surface area contributed by atoms with Gasteiger partial charge in [-0.15, -0.1) is 0 Å². The molecule has 1 aliphatic rings. The molecular formula is C21H25F3N4O2. The zero-order chi connectivity index (χ0) is 21.7. The van der Waals surface area contributed by atoms with Crippen LogP contribution in [0.2, 0.25) is 0 Å². The van der Waals surface area contributed by atoms with E-state index in [2.05, 4.69) is 15.3 Å². The molecule has 2 aromatic rings. The van der Waals surface area contributed by atoms with E-state index in [1.54, 1.807) is 32.4 Å². The van der Waals surface area contributed by atoms with Gasteiger partial charge in [0.15, 0.2) is 0 Å². The van der Waals surface area contributed by atoms with Crippen LogP contribution in [-0.4, -0.2) is 35.1 Å². The molecule has 0 saturated carbocycles. The van der Waals surface area contributed by atoms with Crippen molar-refractivity contribution in [3.63, 3.8) is 0 Å². The highest BCUT2D eigenvalue weighted by atomic mass is 19.4. The summed E-state index contributed by atoms with van der Waals surface area (Å²) in [6.07, 6.45) is 1.34. The Balaban J connectivity index is 1.59. The van der Waals surface area contributed by atoms with Gasteiger partial charge >= 0.3 is 6.18 Å². The molecule has 162 valence electrons. The molecule has 0 bridgehead atoms. The SMILES string of the molecule is CC(C)Oc1ccc(CNC(=O)C2CCN(c3cnccn3)CC2)c(C(F)(F)F)c1. The molecule has 1 aromatic carbocycles. The lowest BCUT2D eigenvalue weighted by molar-refractivity contribution is -0.138. The Kier molecular flexibility index (Phi) is 6.79. The molecule has 3 rings (SSSR count). The number of halogens is 3. The van der Waals surface area contributed by atoms with E-state index in [0.29, 0.717) is 25.9 Å². The summed E-state index contributed by atoms with van der Waals surface area (Å²) in [5.74, 6) is 0.443. The lowest BCUT2D eigenvalue weighted by Gasteiger charge is -2.31. The number of amides is 1. The summed E-state index contributed by atoms with van der Waals surface area (Å²) in [7, 11) is 0. The van der Waals surface area contributed by atoms with Crippen LogP contribution in [0.1, 0.15) is 37.8 Å². The molecule has 1 amide bonds. The van der Waals surface area contributed by atoms with Crippen molar-refractivity contribution in [1.82, 2.24) is 15.3 Å². The quantitative estimate of drug-likeness (QED) is 0.767. The van der Waals surface area contributed by atoms with Crippen molar-refractivity contribution in [3.05, 3.63) is 47.9 Å². The first-order chi connectivity index (χ1) is 14.2. The molecule has 0 unspecified atom stereocenters. The number of anilines is 1. The number of nitrogens with one attached hydrogen (secondary N) is 1. The number of carbonyl (C=O) groups is 1. The van der Waals surface area contributed by atoms with Crippen molar-refractivity contribution in [2.75, 3.05) is 18.0 Å². The predicted octanol–water partition coefficient (Wildman–Crippen LogP) is 3.82. The van der Waals surface area contributed by atoms with Gasteiger partial charge in [0.2, 0.25) is 5.91 Å². The number of nitrogens with zero attached hydrogens (tertiary/aromatic N) is 3. The average molecular weight is 422 g/mol. The molecular weight excluding hydrogens is 397 g/mol. The van der Waals surface area contributed by atoms with Crippen molar-refractivity contribution in [3.8, 4) is 5.75 Å². The minimum absolute atomic E-state index is 0.0175. The Morgan fingerprint density at radius 2 is 2.00 bits per heavy atom. The summed E-state index contributed by atoms with van der Waals surface area (Å²) in [6, 6.07) is 3.84. The van der Waals surface area contributed by atoms with E-state index in [1.165, 1.54) is 12.1 Å². The lowest BCUT2D eigenvalue weighted by atomic mass is 9.95. The minimum Gasteiger partial charge on any atom is -0.491 e. The predicted molar refractivity (Wildman–Crippen MR) is 106 cm³/mol. The molecule has 0 atom stereocenters. The number of alkyl halides is 3. The summed E-state index contributed by atoms with van der Waals surface area (Å²) in [4.78, 5) is 22.9. The molecule has 30 heavy (non-hydrogen) atoms.